The van der Waals surface area contributed by atoms with Crippen LogP contribution in [0.15, 0.2) is 28.7 Å². The third-order valence-electron chi connectivity index (χ3n) is 3.86. The molecule has 0 spiro atoms. The average Bonchev–Trinajstić information content (AvgIpc) is 3.04. The summed E-state index contributed by atoms with van der Waals surface area (Å²) < 4.78 is 10.6. The van der Waals surface area contributed by atoms with Crippen molar-refractivity contribution in [2.75, 3.05) is 6.61 Å². The van der Waals surface area contributed by atoms with Crippen LogP contribution in [0.25, 0.3) is 11.0 Å². The van der Waals surface area contributed by atoms with Gasteiger partial charge < -0.3 is 19.8 Å². The van der Waals surface area contributed by atoms with E-state index in [0.29, 0.717) is 18.8 Å². The number of benzene rings is 1. The molecule has 1 saturated heterocycles. The van der Waals surface area contributed by atoms with Crippen molar-refractivity contribution in [3.05, 3.63) is 35.6 Å². The van der Waals surface area contributed by atoms with Gasteiger partial charge in [-0.2, -0.15) is 0 Å². The Morgan fingerprint density at radius 1 is 1.36 bits per heavy atom. The van der Waals surface area contributed by atoms with Crippen molar-refractivity contribution in [3.8, 4) is 0 Å². The molecule has 1 fully saturated rings. The maximum Gasteiger partial charge on any atom is 0.328 e. The lowest BCUT2D eigenvalue weighted by atomic mass is 10.1. The minimum atomic E-state index is -0.566. The van der Waals surface area contributed by atoms with E-state index in [1.165, 1.54) is 0 Å². The number of esters is 1. The molecular weight excluding hydrogens is 284 g/mol. The molecule has 22 heavy (non-hydrogen) atoms. The smallest absolute Gasteiger partial charge is 0.328 e. The van der Waals surface area contributed by atoms with Gasteiger partial charge in [0.2, 0.25) is 0 Å². The summed E-state index contributed by atoms with van der Waals surface area (Å²) in [4.78, 5) is 23.3. The molecular formula is C16H18N2O4. The highest BCUT2D eigenvalue weighted by molar-refractivity contribution is 5.85. The van der Waals surface area contributed by atoms with Gasteiger partial charge in [0.15, 0.2) is 0 Å². The molecule has 3 rings (SSSR count). The number of carbonyl (C=O) groups excluding carboxylic acids is 2. The van der Waals surface area contributed by atoms with Crippen LogP contribution in [0.2, 0.25) is 0 Å². The molecule has 2 amide bonds. The molecule has 1 aromatic heterocycles. The second kappa shape index (κ2) is 5.71. The van der Waals surface area contributed by atoms with E-state index in [9.17, 15) is 9.59 Å². The highest BCUT2D eigenvalue weighted by Crippen LogP contribution is 2.29. The van der Waals surface area contributed by atoms with Crippen LogP contribution in [0.5, 0.6) is 0 Å². The fourth-order valence-corrected chi connectivity index (χ4v) is 2.70. The molecule has 6 nitrogen and oxygen atoms in total. The number of amides is 2. The van der Waals surface area contributed by atoms with E-state index < -0.39 is 12.1 Å². The zero-order chi connectivity index (χ0) is 15.7. The summed E-state index contributed by atoms with van der Waals surface area (Å²) in [7, 11) is 0. The number of furan rings is 1. The first-order chi connectivity index (χ1) is 10.6. The van der Waals surface area contributed by atoms with Gasteiger partial charge >= 0.3 is 12.0 Å². The van der Waals surface area contributed by atoms with Crippen molar-refractivity contribution in [3.63, 3.8) is 0 Å². The lowest BCUT2D eigenvalue weighted by Gasteiger charge is -2.15. The molecule has 1 aliphatic heterocycles. The molecule has 116 valence electrons. The van der Waals surface area contributed by atoms with Crippen molar-refractivity contribution in [1.29, 1.82) is 0 Å². The Hall–Kier alpha value is -2.50. The van der Waals surface area contributed by atoms with Gasteiger partial charge in [-0.25, -0.2) is 9.59 Å². The van der Waals surface area contributed by atoms with Crippen LogP contribution in [-0.2, 0) is 9.53 Å². The van der Waals surface area contributed by atoms with Gasteiger partial charge in [0.05, 0.1) is 12.6 Å². The maximum absolute atomic E-state index is 12.0. The van der Waals surface area contributed by atoms with Crippen molar-refractivity contribution in [2.45, 2.75) is 32.4 Å². The van der Waals surface area contributed by atoms with E-state index in [-0.39, 0.29) is 12.0 Å². The van der Waals surface area contributed by atoms with Gasteiger partial charge in [-0.1, -0.05) is 18.2 Å². The number of para-hydroxylation sites is 1. The van der Waals surface area contributed by atoms with Crippen LogP contribution in [0.3, 0.4) is 0 Å². The Morgan fingerprint density at radius 3 is 2.82 bits per heavy atom. The first kappa shape index (κ1) is 14.4. The van der Waals surface area contributed by atoms with E-state index in [1.54, 1.807) is 0 Å². The van der Waals surface area contributed by atoms with Crippen molar-refractivity contribution < 1.29 is 18.7 Å². The fraction of sp³-hybridized carbons (Fsp3) is 0.375. The summed E-state index contributed by atoms with van der Waals surface area (Å²) in [6, 6.07) is 6.47. The van der Waals surface area contributed by atoms with Crippen LogP contribution < -0.4 is 10.6 Å². The highest BCUT2D eigenvalue weighted by atomic mass is 16.5. The van der Waals surface area contributed by atoms with E-state index in [4.69, 9.17) is 9.15 Å². The average molecular weight is 302 g/mol. The molecule has 1 aliphatic rings. The number of cyclic esters (lactones) is 1. The zero-order valence-corrected chi connectivity index (χ0v) is 12.5. The Bertz CT molecular complexity index is 722. The van der Waals surface area contributed by atoms with Crippen LogP contribution in [0.4, 0.5) is 4.79 Å². The Morgan fingerprint density at radius 2 is 2.14 bits per heavy atom. The molecule has 0 aliphatic carbocycles. The molecule has 6 heteroatoms. The molecule has 1 aromatic carbocycles. The molecule has 0 bridgehead atoms. The van der Waals surface area contributed by atoms with Gasteiger partial charge in [0.25, 0.3) is 0 Å². The van der Waals surface area contributed by atoms with Crippen LogP contribution in [-0.4, -0.2) is 24.6 Å². The number of hydrogen-bond acceptors (Lipinski definition) is 4. The zero-order valence-electron chi connectivity index (χ0n) is 12.5. The largest absolute Gasteiger partial charge is 0.464 e. The van der Waals surface area contributed by atoms with Gasteiger partial charge in [-0.15, -0.1) is 0 Å². The number of fused-ring (bicyclic) bond motifs is 1. The number of carbonyl (C=O) groups is 2. The van der Waals surface area contributed by atoms with Crippen LogP contribution in [0.1, 0.15) is 30.7 Å². The van der Waals surface area contributed by atoms with Gasteiger partial charge in [-0.3, -0.25) is 0 Å². The minimum Gasteiger partial charge on any atom is -0.464 e. The first-order valence-corrected chi connectivity index (χ1v) is 7.28. The normalized spacial score (nSPS) is 19.0. The summed E-state index contributed by atoms with van der Waals surface area (Å²) >= 11 is 0. The SMILES string of the molecule is Cc1c([C@@H](C)NC(=O)NC2CCOC2=O)oc2ccccc12. The molecule has 2 N–H and O–H groups in total. The Balaban J connectivity index is 1.70. The number of ether oxygens (including phenoxy) is 1. The summed E-state index contributed by atoms with van der Waals surface area (Å²) in [6.07, 6.45) is 0.504. The van der Waals surface area contributed by atoms with Crippen LogP contribution >= 0.6 is 0 Å². The maximum atomic E-state index is 12.0. The number of urea groups is 1. The molecule has 1 unspecified atom stereocenters. The third kappa shape index (κ3) is 2.64. The van der Waals surface area contributed by atoms with Crippen molar-refractivity contribution >= 4 is 23.0 Å². The molecule has 0 radical (unpaired) electrons. The van der Waals surface area contributed by atoms with E-state index in [1.807, 2.05) is 38.1 Å². The quantitative estimate of drug-likeness (QED) is 0.853. The molecule has 2 heterocycles. The summed E-state index contributed by atoms with van der Waals surface area (Å²) in [5.74, 6) is 0.327. The van der Waals surface area contributed by atoms with Crippen LogP contribution in [0, 0.1) is 6.92 Å². The van der Waals surface area contributed by atoms with Crippen molar-refractivity contribution in [2.24, 2.45) is 0 Å². The summed E-state index contributed by atoms with van der Waals surface area (Å²) in [5, 5.41) is 6.44. The second-order valence-corrected chi connectivity index (χ2v) is 5.44. The Labute approximate surface area is 127 Å². The predicted molar refractivity (Wildman–Crippen MR) is 80.4 cm³/mol. The molecule has 2 atom stereocenters. The van der Waals surface area contributed by atoms with E-state index in [0.717, 1.165) is 16.5 Å². The Kier molecular flexibility index (Phi) is 3.75. The fourth-order valence-electron chi connectivity index (χ4n) is 2.70. The topological polar surface area (TPSA) is 80.6 Å². The number of nitrogens with one attached hydrogen (secondary N) is 2. The first-order valence-electron chi connectivity index (χ1n) is 7.28. The number of aryl methyl sites for hydroxylation is 1. The lowest BCUT2D eigenvalue weighted by Crippen LogP contribution is -2.44. The molecule has 2 aromatic rings. The third-order valence-corrected chi connectivity index (χ3v) is 3.86. The van der Waals surface area contributed by atoms with Gasteiger partial charge in [0, 0.05) is 17.4 Å². The van der Waals surface area contributed by atoms with Gasteiger partial charge in [-0.05, 0) is 19.9 Å². The number of rotatable bonds is 3. The monoisotopic (exact) mass is 302 g/mol. The molecule has 0 saturated carbocycles. The highest BCUT2D eigenvalue weighted by Gasteiger charge is 2.28. The second-order valence-electron chi connectivity index (χ2n) is 5.44. The van der Waals surface area contributed by atoms with Crippen molar-refractivity contribution in [1.82, 2.24) is 10.6 Å². The standard InChI is InChI=1S/C16H18N2O4/c1-9-11-5-3-4-6-13(11)22-14(9)10(2)17-16(20)18-12-7-8-21-15(12)19/h3-6,10,12H,7-8H2,1-2H3,(H2,17,18,20)/t10-,12?/m1/s1. The number of hydrogen-bond donors (Lipinski definition) is 2. The summed E-state index contributed by atoms with van der Waals surface area (Å²) in [6.45, 7) is 4.16. The summed E-state index contributed by atoms with van der Waals surface area (Å²) in [5.41, 5.74) is 1.80. The van der Waals surface area contributed by atoms with Gasteiger partial charge in [0.1, 0.15) is 17.4 Å². The lowest BCUT2D eigenvalue weighted by molar-refractivity contribution is -0.139. The minimum absolute atomic E-state index is 0.301. The van der Waals surface area contributed by atoms with E-state index >= 15 is 0 Å². The van der Waals surface area contributed by atoms with E-state index in [2.05, 4.69) is 10.6 Å². The predicted octanol–water partition coefficient (Wildman–Crippen LogP) is 2.42.